The van der Waals surface area contributed by atoms with Crippen LogP contribution in [-0.4, -0.2) is 25.0 Å². The maximum absolute atomic E-state index is 12.0. The van der Waals surface area contributed by atoms with Gasteiger partial charge in [0, 0.05) is 18.5 Å². The van der Waals surface area contributed by atoms with Crippen molar-refractivity contribution < 1.29 is 4.79 Å². The van der Waals surface area contributed by atoms with Gasteiger partial charge in [-0.3, -0.25) is 4.79 Å². The Morgan fingerprint density at radius 2 is 1.76 bits per heavy atom. The Kier molecular flexibility index (Phi) is 4.99. The molecule has 0 aromatic heterocycles. The molecule has 0 atom stereocenters. The molecule has 0 radical (unpaired) electrons. The van der Waals surface area contributed by atoms with Crippen LogP contribution in [0.1, 0.15) is 59.3 Å². The Morgan fingerprint density at radius 3 is 2.24 bits per heavy atom. The van der Waals surface area contributed by atoms with E-state index < -0.39 is 0 Å². The van der Waals surface area contributed by atoms with Gasteiger partial charge >= 0.3 is 0 Å². The van der Waals surface area contributed by atoms with Crippen molar-refractivity contribution in [2.75, 3.05) is 13.6 Å². The fraction of sp³-hybridized carbons (Fsp3) is 0.929. The zero-order valence-corrected chi connectivity index (χ0v) is 11.9. The number of carbonyl (C=O) groups is 1. The van der Waals surface area contributed by atoms with Crippen LogP contribution in [0.15, 0.2) is 0 Å². The lowest BCUT2D eigenvalue weighted by atomic mass is 9.79. The summed E-state index contributed by atoms with van der Waals surface area (Å²) in [5.74, 6) is 0.191. The molecular weight excluding hydrogens is 212 g/mol. The van der Waals surface area contributed by atoms with Gasteiger partial charge < -0.3 is 10.6 Å². The molecule has 1 fully saturated rings. The average Bonchev–Trinajstić information content (AvgIpc) is 2.27. The Balaban J connectivity index is 2.42. The van der Waals surface area contributed by atoms with Gasteiger partial charge in [0.15, 0.2) is 0 Å². The number of hydrogen-bond acceptors (Lipinski definition) is 2. The number of carbonyl (C=O) groups excluding carboxylic acids is 1. The second-order valence-electron chi connectivity index (χ2n) is 6.61. The van der Waals surface area contributed by atoms with Crippen LogP contribution < -0.4 is 10.6 Å². The normalized spacial score (nSPS) is 20.0. The molecule has 1 rings (SSSR count). The van der Waals surface area contributed by atoms with Crippen molar-refractivity contribution in [3.05, 3.63) is 0 Å². The summed E-state index contributed by atoms with van der Waals surface area (Å²) in [6.07, 6.45) is 6.69. The molecule has 1 aliphatic carbocycles. The SMILES string of the molecule is CNC1(CC(=O)NCC(C)(C)C)CCCCC1. The summed E-state index contributed by atoms with van der Waals surface area (Å²) in [6, 6.07) is 0. The Bertz CT molecular complexity index is 249. The van der Waals surface area contributed by atoms with Crippen LogP contribution in [0.25, 0.3) is 0 Å². The lowest BCUT2D eigenvalue weighted by Gasteiger charge is -2.37. The van der Waals surface area contributed by atoms with Crippen molar-refractivity contribution in [1.29, 1.82) is 0 Å². The summed E-state index contributed by atoms with van der Waals surface area (Å²) in [6.45, 7) is 7.18. The minimum absolute atomic E-state index is 0.0558. The van der Waals surface area contributed by atoms with E-state index in [0.29, 0.717) is 6.42 Å². The fourth-order valence-corrected chi connectivity index (χ4v) is 2.48. The predicted octanol–water partition coefficient (Wildman–Crippen LogP) is 2.46. The van der Waals surface area contributed by atoms with Gasteiger partial charge in [0.2, 0.25) is 5.91 Å². The van der Waals surface area contributed by atoms with Gasteiger partial charge in [0.1, 0.15) is 0 Å². The molecule has 100 valence electrons. The van der Waals surface area contributed by atoms with Gasteiger partial charge in [-0.15, -0.1) is 0 Å². The van der Waals surface area contributed by atoms with Crippen molar-refractivity contribution in [2.45, 2.75) is 64.8 Å². The van der Waals surface area contributed by atoms with E-state index in [-0.39, 0.29) is 16.9 Å². The van der Waals surface area contributed by atoms with Crippen LogP contribution in [-0.2, 0) is 4.79 Å². The van der Waals surface area contributed by atoms with E-state index in [0.717, 1.165) is 19.4 Å². The Hall–Kier alpha value is -0.570. The van der Waals surface area contributed by atoms with Crippen molar-refractivity contribution in [1.82, 2.24) is 10.6 Å². The van der Waals surface area contributed by atoms with Crippen LogP contribution in [0, 0.1) is 5.41 Å². The minimum atomic E-state index is 0.0558. The second-order valence-corrected chi connectivity index (χ2v) is 6.61. The van der Waals surface area contributed by atoms with Crippen molar-refractivity contribution in [2.24, 2.45) is 5.41 Å². The first-order valence-corrected chi connectivity index (χ1v) is 6.83. The van der Waals surface area contributed by atoms with Crippen molar-refractivity contribution in [3.63, 3.8) is 0 Å². The second kappa shape index (κ2) is 5.85. The summed E-state index contributed by atoms with van der Waals surface area (Å²) in [5.41, 5.74) is 0.218. The van der Waals surface area contributed by atoms with E-state index in [1.54, 1.807) is 0 Å². The van der Waals surface area contributed by atoms with Crippen LogP contribution in [0.5, 0.6) is 0 Å². The van der Waals surface area contributed by atoms with Gasteiger partial charge in [-0.05, 0) is 25.3 Å². The van der Waals surface area contributed by atoms with Gasteiger partial charge in [-0.1, -0.05) is 40.0 Å². The molecule has 0 saturated heterocycles. The van der Waals surface area contributed by atoms with Crippen LogP contribution in [0.3, 0.4) is 0 Å². The molecule has 0 aromatic rings. The molecule has 0 heterocycles. The summed E-state index contributed by atoms with van der Waals surface area (Å²) >= 11 is 0. The quantitative estimate of drug-likeness (QED) is 0.792. The maximum Gasteiger partial charge on any atom is 0.221 e. The third kappa shape index (κ3) is 5.07. The first-order chi connectivity index (χ1) is 7.87. The highest BCUT2D eigenvalue weighted by Crippen LogP contribution is 2.30. The van der Waals surface area contributed by atoms with Crippen LogP contribution >= 0.6 is 0 Å². The van der Waals surface area contributed by atoms with Gasteiger partial charge in [0.25, 0.3) is 0 Å². The summed E-state index contributed by atoms with van der Waals surface area (Å²) < 4.78 is 0. The average molecular weight is 240 g/mol. The highest BCUT2D eigenvalue weighted by atomic mass is 16.1. The molecule has 0 aromatic carbocycles. The highest BCUT2D eigenvalue weighted by molar-refractivity contribution is 5.77. The third-order valence-corrected chi connectivity index (χ3v) is 3.66. The Labute approximate surface area is 106 Å². The molecule has 0 bridgehead atoms. The van der Waals surface area contributed by atoms with E-state index in [4.69, 9.17) is 0 Å². The smallest absolute Gasteiger partial charge is 0.221 e. The molecule has 17 heavy (non-hydrogen) atoms. The molecule has 3 nitrogen and oxygen atoms in total. The molecule has 1 saturated carbocycles. The molecule has 0 unspecified atom stereocenters. The Morgan fingerprint density at radius 1 is 1.18 bits per heavy atom. The van der Waals surface area contributed by atoms with E-state index >= 15 is 0 Å². The predicted molar refractivity (Wildman–Crippen MR) is 72.0 cm³/mol. The highest BCUT2D eigenvalue weighted by Gasteiger charge is 2.32. The summed E-state index contributed by atoms with van der Waals surface area (Å²) in [4.78, 5) is 12.0. The molecule has 3 heteroatoms. The van der Waals surface area contributed by atoms with Gasteiger partial charge in [-0.25, -0.2) is 0 Å². The largest absolute Gasteiger partial charge is 0.356 e. The van der Waals surface area contributed by atoms with Gasteiger partial charge in [0.05, 0.1) is 0 Å². The fourth-order valence-electron chi connectivity index (χ4n) is 2.48. The van der Waals surface area contributed by atoms with E-state index in [9.17, 15) is 4.79 Å². The van der Waals surface area contributed by atoms with E-state index in [1.165, 1.54) is 19.3 Å². The molecule has 1 amide bonds. The lowest BCUT2D eigenvalue weighted by Crippen LogP contribution is -2.48. The molecule has 0 spiro atoms. The monoisotopic (exact) mass is 240 g/mol. The molecule has 2 N–H and O–H groups in total. The van der Waals surface area contributed by atoms with Gasteiger partial charge in [-0.2, -0.15) is 0 Å². The standard InChI is InChI=1S/C14H28N2O/c1-13(2,3)11-16-12(17)10-14(15-4)8-6-5-7-9-14/h15H,5-11H2,1-4H3,(H,16,17). The van der Waals surface area contributed by atoms with Crippen molar-refractivity contribution >= 4 is 5.91 Å². The molecule has 1 aliphatic rings. The lowest BCUT2D eigenvalue weighted by molar-refractivity contribution is -0.123. The van der Waals surface area contributed by atoms with Crippen LogP contribution in [0.2, 0.25) is 0 Å². The number of rotatable bonds is 4. The number of nitrogens with one attached hydrogen (secondary N) is 2. The summed E-state index contributed by atoms with van der Waals surface area (Å²) in [7, 11) is 1.99. The molecule has 0 aliphatic heterocycles. The number of hydrogen-bond donors (Lipinski definition) is 2. The minimum Gasteiger partial charge on any atom is -0.356 e. The van der Waals surface area contributed by atoms with Crippen LogP contribution in [0.4, 0.5) is 0 Å². The topological polar surface area (TPSA) is 41.1 Å². The third-order valence-electron chi connectivity index (χ3n) is 3.66. The van der Waals surface area contributed by atoms with E-state index in [1.807, 2.05) is 7.05 Å². The number of amides is 1. The molecular formula is C14H28N2O. The summed E-state index contributed by atoms with van der Waals surface area (Å²) in [5, 5.41) is 6.43. The first-order valence-electron chi connectivity index (χ1n) is 6.83. The zero-order valence-electron chi connectivity index (χ0n) is 11.9. The first kappa shape index (κ1) is 14.5. The zero-order chi connectivity index (χ0) is 12.9. The maximum atomic E-state index is 12.0. The van der Waals surface area contributed by atoms with E-state index in [2.05, 4.69) is 31.4 Å². The van der Waals surface area contributed by atoms with Crippen molar-refractivity contribution in [3.8, 4) is 0 Å².